The lowest BCUT2D eigenvalue weighted by Gasteiger charge is -2.16. The molecule has 0 aromatic heterocycles. The maximum absolute atomic E-state index is 12.3. The van der Waals surface area contributed by atoms with Crippen molar-refractivity contribution >= 4 is 11.8 Å². The van der Waals surface area contributed by atoms with Crippen LogP contribution in [0.1, 0.15) is 64.7 Å². The van der Waals surface area contributed by atoms with Gasteiger partial charge < -0.3 is 21.3 Å². The first-order chi connectivity index (χ1) is 12.3. The number of hydrogen-bond donors (Lipinski definition) is 4. The molecular weight excluding hydrogens is 316 g/mol. The van der Waals surface area contributed by atoms with E-state index in [1.54, 1.807) is 0 Å². The van der Waals surface area contributed by atoms with Gasteiger partial charge >= 0.3 is 0 Å². The van der Waals surface area contributed by atoms with Crippen LogP contribution < -0.4 is 21.3 Å². The average molecular weight is 355 g/mol. The number of unbranched alkanes of at least 4 members (excludes halogenated alkanes) is 7. The van der Waals surface area contributed by atoms with E-state index in [9.17, 15) is 9.59 Å². The van der Waals surface area contributed by atoms with E-state index in [0.29, 0.717) is 19.5 Å². The summed E-state index contributed by atoms with van der Waals surface area (Å²) in [5, 5.41) is 12.3. The van der Waals surface area contributed by atoms with Crippen LogP contribution in [0.3, 0.4) is 0 Å². The Kier molecular flexibility index (Phi) is 13.3. The zero-order valence-corrected chi connectivity index (χ0v) is 16.0. The average Bonchev–Trinajstić information content (AvgIpc) is 2.62. The fourth-order valence-electron chi connectivity index (χ4n) is 3.08. The molecule has 1 heterocycles. The van der Waals surface area contributed by atoms with E-state index in [0.717, 1.165) is 39.0 Å². The van der Waals surface area contributed by atoms with Gasteiger partial charge in [0.15, 0.2) is 0 Å². The summed E-state index contributed by atoms with van der Waals surface area (Å²) in [7, 11) is 0. The third-order valence-electron chi connectivity index (χ3n) is 4.66. The molecule has 1 aliphatic heterocycles. The molecule has 0 saturated carbocycles. The summed E-state index contributed by atoms with van der Waals surface area (Å²) < 4.78 is 0. The predicted molar refractivity (Wildman–Crippen MR) is 102 cm³/mol. The number of carbonyl (C=O) groups is 2. The van der Waals surface area contributed by atoms with Gasteiger partial charge in [0.25, 0.3) is 0 Å². The standard InChI is InChI=1S/C19H38N4O2/c1-2-3-4-5-6-7-8-9-10-17-18(24)22-15-13-20-11-12-21-14-16-23-19(17)25/h17,20-21H,2-16H2,1H3,(H,22,24)(H,23,25). The summed E-state index contributed by atoms with van der Waals surface area (Å²) in [4.78, 5) is 24.7. The van der Waals surface area contributed by atoms with Crippen LogP contribution >= 0.6 is 0 Å². The molecule has 146 valence electrons. The van der Waals surface area contributed by atoms with Crippen molar-refractivity contribution in [1.82, 2.24) is 21.3 Å². The van der Waals surface area contributed by atoms with Gasteiger partial charge in [-0.15, -0.1) is 0 Å². The molecule has 0 radical (unpaired) electrons. The second-order valence-corrected chi connectivity index (χ2v) is 6.90. The summed E-state index contributed by atoms with van der Waals surface area (Å²) in [5.41, 5.74) is 0. The fourth-order valence-corrected chi connectivity index (χ4v) is 3.08. The van der Waals surface area contributed by atoms with Gasteiger partial charge in [0.2, 0.25) is 11.8 Å². The summed E-state index contributed by atoms with van der Waals surface area (Å²) in [6.45, 7) is 6.57. The number of carbonyl (C=O) groups excluding carboxylic acids is 2. The van der Waals surface area contributed by atoms with Crippen LogP contribution in [0.25, 0.3) is 0 Å². The molecule has 0 atom stereocenters. The van der Waals surface area contributed by atoms with Gasteiger partial charge in [0, 0.05) is 39.3 Å². The molecule has 0 aromatic carbocycles. The Labute approximate surface area is 153 Å². The molecule has 2 amide bonds. The fraction of sp³-hybridized carbons (Fsp3) is 0.895. The molecule has 0 bridgehead atoms. The minimum Gasteiger partial charge on any atom is -0.354 e. The third-order valence-corrected chi connectivity index (χ3v) is 4.66. The van der Waals surface area contributed by atoms with Crippen LogP contribution in [0, 0.1) is 5.92 Å². The maximum atomic E-state index is 12.3. The van der Waals surface area contributed by atoms with Gasteiger partial charge in [-0.25, -0.2) is 0 Å². The van der Waals surface area contributed by atoms with Crippen LogP contribution in [-0.2, 0) is 9.59 Å². The van der Waals surface area contributed by atoms with Crippen LogP contribution in [0.5, 0.6) is 0 Å². The molecule has 6 nitrogen and oxygen atoms in total. The molecule has 0 spiro atoms. The first-order valence-electron chi connectivity index (χ1n) is 10.2. The Morgan fingerprint density at radius 2 is 1.12 bits per heavy atom. The van der Waals surface area contributed by atoms with Crippen molar-refractivity contribution in [1.29, 1.82) is 0 Å². The first kappa shape index (κ1) is 21.9. The third kappa shape index (κ3) is 11.2. The molecule has 1 saturated heterocycles. The highest BCUT2D eigenvalue weighted by atomic mass is 16.2. The minimum atomic E-state index is -0.555. The summed E-state index contributed by atoms with van der Waals surface area (Å²) >= 11 is 0. The molecule has 0 unspecified atom stereocenters. The molecule has 1 fully saturated rings. The number of nitrogens with one attached hydrogen (secondary N) is 4. The van der Waals surface area contributed by atoms with Crippen molar-refractivity contribution in [3.05, 3.63) is 0 Å². The van der Waals surface area contributed by atoms with E-state index in [2.05, 4.69) is 28.2 Å². The van der Waals surface area contributed by atoms with Crippen molar-refractivity contribution in [2.45, 2.75) is 64.7 Å². The van der Waals surface area contributed by atoms with E-state index >= 15 is 0 Å². The first-order valence-corrected chi connectivity index (χ1v) is 10.2. The Hall–Kier alpha value is -1.14. The molecule has 0 aliphatic carbocycles. The lowest BCUT2D eigenvalue weighted by Crippen LogP contribution is -2.43. The number of rotatable bonds is 9. The Bertz CT molecular complexity index is 339. The van der Waals surface area contributed by atoms with Crippen molar-refractivity contribution in [2.75, 3.05) is 39.3 Å². The van der Waals surface area contributed by atoms with Gasteiger partial charge in [-0.2, -0.15) is 0 Å². The molecule has 6 heteroatoms. The smallest absolute Gasteiger partial charge is 0.232 e. The van der Waals surface area contributed by atoms with Crippen molar-refractivity contribution in [2.24, 2.45) is 5.92 Å². The van der Waals surface area contributed by atoms with Crippen LogP contribution in [0.4, 0.5) is 0 Å². The summed E-state index contributed by atoms with van der Waals surface area (Å²) in [6, 6.07) is 0. The number of hydrogen-bond acceptors (Lipinski definition) is 4. The highest BCUT2D eigenvalue weighted by Gasteiger charge is 2.25. The summed E-state index contributed by atoms with van der Waals surface area (Å²) in [5.74, 6) is -0.815. The monoisotopic (exact) mass is 354 g/mol. The minimum absolute atomic E-state index is 0.130. The van der Waals surface area contributed by atoms with Crippen molar-refractivity contribution < 1.29 is 9.59 Å². The Morgan fingerprint density at radius 3 is 1.64 bits per heavy atom. The molecule has 1 aliphatic rings. The zero-order valence-electron chi connectivity index (χ0n) is 16.0. The largest absolute Gasteiger partial charge is 0.354 e. The normalized spacial score (nSPS) is 18.6. The molecular formula is C19H38N4O2. The second kappa shape index (κ2) is 15.1. The van der Waals surface area contributed by atoms with Gasteiger partial charge in [-0.05, 0) is 6.42 Å². The van der Waals surface area contributed by atoms with E-state index in [1.165, 1.54) is 38.5 Å². The lowest BCUT2D eigenvalue weighted by atomic mass is 9.98. The van der Waals surface area contributed by atoms with Crippen LogP contribution in [-0.4, -0.2) is 51.1 Å². The Balaban J connectivity index is 2.31. The Morgan fingerprint density at radius 1 is 0.680 bits per heavy atom. The van der Waals surface area contributed by atoms with Gasteiger partial charge in [-0.3, -0.25) is 9.59 Å². The predicted octanol–water partition coefficient (Wildman–Crippen LogP) is 1.56. The molecule has 25 heavy (non-hydrogen) atoms. The molecule has 4 N–H and O–H groups in total. The van der Waals surface area contributed by atoms with Gasteiger partial charge in [0.05, 0.1) is 0 Å². The maximum Gasteiger partial charge on any atom is 0.232 e. The van der Waals surface area contributed by atoms with Crippen LogP contribution in [0.2, 0.25) is 0 Å². The van der Waals surface area contributed by atoms with E-state index in [-0.39, 0.29) is 11.8 Å². The zero-order chi connectivity index (χ0) is 18.2. The lowest BCUT2D eigenvalue weighted by molar-refractivity contribution is -0.135. The topological polar surface area (TPSA) is 82.3 Å². The summed E-state index contributed by atoms with van der Waals surface area (Å²) in [6.07, 6.45) is 10.4. The highest BCUT2D eigenvalue weighted by molar-refractivity contribution is 6.00. The molecule has 1 rings (SSSR count). The SMILES string of the molecule is CCCCCCCCCCC1C(=O)NCCNCCNCCNC1=O. The second-order valence-electron chi connectivity index (χ2n) is 6.90. The van der Waals surface area contributed by atoms with Gasteiger partial charge in [-0.1, -0.05) is 58.3 Å². The quantitative estimate of drug-likeness (QED) is 0.374. The van der Waals surface area contributed by atoms with E-state index in [4.69, 9.17) is 0 Å². The highest BCUT2D eigenvalue weighted by Crippen LogP contribution is 2.14. The molecule has 0 aromatic rings. The van der Waals surface area contributed by atoms with E-state index in [1.807, 2.05) is 0 Å². The number of amides is 2. The van der Waals surface area contributed by atoms with Gasteiger partial charge in [0.1, 0.15) is 5.92 Å². The van der Waals surface area contributed by atoms with Crippen LogP contribution in [0.15, 0.2) is 0 Å². The van der Waals surface area contributed by atoms with Crippen molar-refractivity contribution in [3.63, 3.8) is 0 Å². The van der Waals surface area contributed by atoms with E-state index < -0.39 is 5.92 Å². The van der Waals surface area contributed by atoms with Crippen molar-refractivity contribution in [3.8, 4) is 0 Å².